The highest BCUT2D eigenvalue weighted by molar-refractivity contribution is 5.95. The smallest absolute Gasteiger partial charge is 0.341 e. The van der Waals surface area contributed by atoms with Crippen LogP contribution in [-0.4, -0.2) is 80.8 Å². The van der Waals surface area contributed by atoms with Crippen LogP contribution in [0.4, 0.5) is 0 Å². The Kier molecular flexibility index (Phi) is 14.7. The van der Waals surface area contributed by atoms with Crippen molar-refractivity contribution in [3.63, 3.8) is 0 Å². The lowest BCUT2D eigenvalue weighted by Gasteiger charge is -2.35. The Hall–Kier alpha value is -7.62. The predicted molar refractivity (Wildman–Crippen MR) is 200 cm³/mol. The maximum Gasteiger partial charge on any atom is 0.341 e. The van der Waals surface area contributed by atoms with Crippen molar-refractivity contribution >= 4 is 47.8 Å². The third-order valence-electron chi connectivity index (χ3n) is 8.95. The Labute approximate surface area is 329 Å². The van der Waals surface area contributed by atoms with E-state index in [2.05, 4.69) is 13.2 Å². The van der Waals surface area contributed by atoms with Crippen molar-refractivity contribution in [2.24, 2.45) is 11.8 Å². The van der Waals surface area contributed by atoms with Crippen molar-refractivity contribution < 1.29 is 77.7 Å². The van der Waals surface area contributed by atoms with Gasteiger partial charge in [-0.3, -0.25) is 0 Å². The first kappa shape index (κ1) is 43.1. The average Bonchev–Trinajstić information content (AvgIpc) is 3.23. The normalized spacial score (nSPS) is 14.5. The number of hydrogen-bond donors (Lipinski definition) is 4. The zero-order valence-corrected chi connectivity index (χ0v) is 30.5. The summed E-state index contributed by atoms with van der Waals surface area (Å²) in [6.45, 7) is 6.00. The maximum absolute atomic E-state index is 13.2. The van der Waals surface area contributed by atoms with E-state index in [1.54, 1.807) is 0 Å². The molecule has 0 atom stereocenters. The van der Waals surface area contributed by atoms with Crippen LogP contribution in [0.1, 0.15) is 109 Å². The number of carbonyl (C=O) groups is 8. The molecule has 16 nitrogen and oxygen atoms in total. The van der Waals surface area contributed by atoms with Gasteiger partial charge in [0.25, 0.3) is 12.6 Å². The topological polar surface area (TPSA) is 254 Å². The third-order valence-corrected chi connectivity index (χ3v) is 8.95. The quantitative estimate of drug-likeness (QED) is 0.0606. The molecule has 300 valence electrons. The van der Waals surface area contributed by atoms with Gasteiger partial charge in [0.05, 0.1) is 44.5 Å². The van der Waals surface area contributed by atoms with Crippen LogP contribution >= 0.6 is 0 Å². The molecule has 0 amide bonds. The average molecular weight is 797 g/mol. The number of rotatable bonds is 14. The number of carboxylic acids is 4. The summed E-state index contributed by atoms with van der Waals surface area (Å²) >= 11 is 0. The molecular weight excluding hydrogens is 760 g/mol. The summed E-state index contributed by atoms with van der Waals surface area (Å²) in [7, 11) is 0. The molecule has 4 N–H and O–H groups in total. The number of hydrogen-bond acceptors (Lipinski definition) is 12. The van der Waals surface area contributed by atoms with Gasteiger partial charge in [0.2, 0.25) is 0 Å². The van der Waals surface area contributed by atoms with Crippen LogP contribution in [0.15, 0.2) is 110 Å². The first-order chi connectivity index (χ1) is 27.7. The van der Waals surface area contributed by atoms with Gasteiger partial charge in [0, 0.05) is 11.8 Å². The third kappa shape index (κ3) is 11.2. The van der Waals surface area contributed by atoms with E-state index < -0.39 is 72.2 Å². The number of carboxylic acid groups (broad SMARTS) is 4. The minimum atomic E-state index is -1.50. The molecular formula is C42H36O16. The molecule has 0 heterocycles. The van der Waals surface area contributed by atoms with Gasteiger partial charge in [-0.15, -0.1) is 13.2 Å². The Morgan fingerprint density at radius 1 is 0.362 bits per heavy atom. The zero-order valence-electron chi connectivity index (χ0n) is 30.5. The van der Waals surface area contributed by atoms with E-state index in [4.69, 9.17) is 18.9 Å². The minimum absolute atomic E-state index is 0.0396. The van der Waals surface area contributed by atoms with Crippen molar-refractivity contribution in [3.8, 4) is 0 Å². The summed E-state index contributed by atoms with van der Waals surface area (Å²) in [6, 6.07) is 19.4. The molecule has 1 fully saturated rings. The first-order valence-electron chi connectivity index (χ1n) is 17.4. The monoisotopic (exact) mass is 796 g/mol. The van der Waals surface area contributed by atoms with Crippen molar-refractivity contribution in [1.82, 2.24) is 0 Å². The molecule has 0 spiro atoms. The van der Waals surface area contributed by atoms with Gasteiger partial charge < -0.3 is 39.4 Å². The fraction of sp³-hybridized carbons (Fsp3) is 0.190. The van der Waals surface area contributed by atoms with Gasteiger partial charge >= 0.3 is 47.8 Å². The zero-order chi connectivity index (χ0) is 42.5. The summed E-state index contributed by atoms with van der Waals surface area (Å²) < 4.78 is 22.6. The number of aromatic carboxylic acids is 4. The highest BCUT2D eigenvalue weighted by Gasteiger charge is 2.39. The molecule has 1 aliphatic rings. The minimum Gasteiger partial charge on any atom is -0.478 e. The van der Waals surface area contributed by atoms with Gasteiger partial charge in [-0.2, -0.15) is 0 Å². The van der Waals surface area contributed by atoms with Gasteiger partial charge in [-0.1, -0.05) is 0 Å². The van der Waals surface area contributed by atoms with E-state index in [9.17, 15) is 58.8 Å². The van der Waals surface area contributed by atoms with Gasteiger partial charge in [-0.25, -0.2) is 38.4 Å². The van der Waals surface area contributed by atoms with Crippen molar-refractivity contribution in [3.05, 3.63) is 155 Å². The number of esters is 4. The highest BCUT2D eigenvalue weighted by atomic mass is 16.7. The van der Waals surface area contributed by atoms with Crippen LogP contribution in [0.25, 0.3) is 0 Å². The molecule has 1 aliphatic carbocycles. The van der Waals surface area contributed by atoms with Crippen LogP contribution in [0.5, 0.6) is 0 Å². The predicted octanol–water partition coefficient (Wildman–Crippen LogP) is 6.47. The first-order valence-corrected chi connectivity index (χ1v) is 17.4. The van der Waals surface area contributed by atoms with E-state index in [1.807, 2.05) is 0 Å². The fourth-order valence-corrected chi connectivity index (χ4v) is 5.81. The lowest BCUT2D eigenvalue weighted by atomic mass is 9.81. The molecule has 0 radical (unpaired) electrons. The van der Waals surface area contributed by atoms with Crippen LogP contribution in [-0.2, 0) is 18.9 Å². The molecule has 4 aromatic carbocycles. The van der Waals surface area contributed by atoms with Crippen molar-refractivity contribution in [2.75, 3.05) is 0 Å². The van der Waals surface area contributed by atoms with Crippen molar-refractivity contribution in [2.45, 2.75) is 38.3 Å². The Bertz CT molecular complexity index is 1850. The second kappa shape index (κ2) is 19.8. The SMILES string of the molecule is C=C.O=C(O)c1ccc(C(=O)OC(OC(=O)c2ccc(C(=O)O)cc2)C2CCC(C(OC(=O)c3ccc(C(=O)O)cc3)OC(=O)c3ccc(C(=O)O)cc3)CC2)cc1. The van der Waals surface area contributed by atoms with Gasteiger partial charge in [0.15, 0.2) is 0 Å². The van der Waals surface area contributed by atoms with Crippen LogP contribution < -0.4 is 0 Å². The lowest BCUT2D eigenvalue weighted by Crippen LogP contribution is -2.38. The van der Waals surface area contributed by atoms with E-state index in [0.717, 1.165) is 0 Å². The number of ether oxygens (including phenoxy) is 4. The molecule has 58 heavy (non-hydrogen) atoms. The van der Waals surface area contributed by atoms with E-state index >= 15 is 0 Å². The molecule has 5 rings (SSSR count). The lowest BCUT2D eigenvalue weighted by molar-refractivity contribution is -0.140. The molecule has 0 aliphatic heterocycles. The second-order valence-electron chi connectivity index (χ2n) is 12.6. The maximum atomic E-state index is 13.2. The summed E-state index contributed by atoms with van der Waals surface area (Å²) in [4.78, 5) is 98.0. The summed E-state index contributed by atoms with van der Waals surface area (Å²) in [6.07, 6.45) is -2.34. The fourth-order valence-electron chi connectivity index (χ4n) is 5.81. The summed E-state index contributed by atoms with van der Waals surface area (Å²) in [5, 5.41) is 36.9. The number of carbonyl (C=O) groups excluding carboxylic acids is 4. The largest absolute Gasteiger partial charge is 0.478 e. The Balaban J connectivity index is 0.00000366. The van der Waals surface area contributed by atoms with Crippen LogP contribution in [0.2, 0.25) is 0 Å². The highest BCUT2D eigenvalue weighted by Crippen LogP contribution is 2.36. The van der Waals surface area contributed by atoms with Crippen molar-refractivity contribution in [1.29, 1.82) is 0 Å². The molecule has 4 aromatic rings. The van der Waals surface area contributed by atoms with Crippen LogP contribution in [0, 0.1) is 11.8 Å². The Morgan fingerprint density at radius 3 is 0.672 bits per heavy atom. The van der Waals surface area contributed by atoms with Gasteiger partial charge in [-0.05, 0) is 123 Å². The molecule has 0 bridgehead atoms. The molecule has 0 aromatic heterocycles. The number of benzene rings is 4. The van der Waals surface area contributed by atoms with E-state index in [0.29, 0.717) is 0 Å². The van der Waals surface area contributed by atoms with Gasteiger partial charge in [0.1, 0.15) is 0 Å². The Morgan fingerprint density at radius 2 is 0.517 bits per heavy atom. The summed E-state index contributed by atoms with van der Waals surface area (Å²) in [5.41, 5.74) is -0.499. The molecule has 1 saturated carbocycles. The molecule has 0 unspecified atom stereocenters. The van der Waals surface area contributed by atoms with E-state index in [-0.39, 0.29) is 70.2 Å². The summed E-state index contributed by atoms with van der Waals surface area (Å²) in [5.74, 6) is -9.94. The van der Waals surface area contributed by atoms with E-state index in [1.165, 1.54) is 97.1 Å². The standard InChI is InChI=1S/C40H32O16.C2H4/c41-31(42)21-1-9-25(10-2-21)35(49)53-39(54-36(50)26-11-3-22(4-12-26)32(43)44)29-17-19-30(20-18-29)40(55-37(51)27-13-5-23(6-14-27)33(45)46)56-38(52)28-15-7-24(8-16-28)34(47)48;1-2/h1-16,29-30,39-40H,17-20H2,(H,41,42)(H,43,44)(H,45,46)(H,47,48);1-2H2. The molecule has 0 saturated heterocycles. The van der Waals surface area contributed by atoms with Crippen LogP contribution in [0.3, 0.4) is 0 Å². The molecule has 16 heteroatoms. The second-order valence-corrected chi connectivity index (χ2v) is 12.6.